The summed E-state index contributed by atoms with van der Waals surface area (Å²) in [5.41, 5.74) is 0.687. The average Bonchev–Trinajstić information content (AvgIpc) is 2.99. The van der Waals surface area contributed by atoms with Crippen LogP contribution in [0.15, 0.2) is 18.2 Å². The Bertz CT molecular complexity index is 349. The maximum absolute atomic E-state index is 13.4. The second kappa shape index (κ2) is 4.50. The van der Waals surface area contributed by atoms with E-state index in [2.05, 4.69) is 12.2 Å². The highest BCUT2D eigenvalue weighted by atomic mass is 35.5. The second-order valence-electron chi connectivity index (χ2n) is 4.24. The number of hydrogen-bond donors (Lipinski definition) is 1. The first-order chi connectivity index (χ1) is 7.16. The van der Waals surface area contributed by atoms with E-state index in [0.29, 0.717) is 23.2 Å². The Hall–Kier alpha value is -0.600. The van der Waals surface area contributed by atoms with Gasteiger partial charge >= 0.3 is 0 Å². The van der Waals surface area contributed by atoms with E-state index >= 15 is 0 Å². The molecule has 0 saturated heterocycles. The fourth-order valence-corrected chi connectivity index (χ4v) is 1.86. The van der Waals surface area contributed by atoms with Gasteiger partial charge in [0.25, 0.3) is 0 Å². The fraction of sp³-hybridized carbons (Fsp3) is 0.500. The summed E-state index contributed by atoms with van der Waals surface area (Å²) in [5, 5.41) is 3.79. The summed E-state index contributed by atoms with van der Waals surface area (Å²) < 4.78 is 13.4. The van der Waals surface area contributed by atoms with Gasteiger partial charge in [-0.1, -0.05) is 17.7 Å². The van der Waals surface area contributed by atoms with Crippen LogP contribution in [0.3, 0.4) is 0 Å². The first-order valence-electron chi connectivity index (χ1n) is 5.34. The van der Waals surface area contributed by atoms with Crippen LogP contribution < -0.4 is 5.32 Å². The Kier molecular flexibility index (Phi) is 3.27. The highest BCUT2D eigenvalue weighted by Crippen LogP contribution is 2.32. The summed E-state index contributed by atoms with van der Waals surface area (Å²) in [4.78, 5) is 0. The van der Waals surface area contributed by atoms with Crippen LogP contribution in [0.1, 0.15) is 25.3 Å². The summed E-state index contributed by atoms with van der Waals surface area (Å²) in [6.07, 6.45) is 2.61. The van der Waals surface area contributed by atoms with E-state index in [1.807, 2.05) is 0 Å². The Morgan fingerprint density at radius 3 is 2.87 bits per heavy atom. The molecule has 1 fully saturated rings. The number of rotatable bonds is 4. The lowest BCUT2D eigenvalue weighted by atomic mass is 10.1. The Morgan fingerprint density at radius 2 is 2.27 bits per heavy atom. The van der Waals surface area contributed by atoms with Crippen LogP contribution >= 0.6 is 11.6 Å². The molecule has 1 N–H and O–H groups in total. The van der Waals surface area contributed by atoms with Crippen LogP contribution in [0.2, 0.25) is 5.02 Å². The van der Waals surface area contributed by atoms with Crippen molar-refractivity contribution in [1.29, 1.82) is 0 Å². The highest BCUT2D eigenvalue weighted by molar-refractivity contribution is 6.30. The van der Waals surface area contributed by atoms with Crippen molar-refractivity contribution >= 4 is 11.6 Å². The van der Waals surface area contributed by atoms with E-state index < -0.39 is 0 Å². The second-order valence-corrected chi connectivity index (χ2v) is 4.68. The molecule has 0 heterocycles. The van der Waals surface area contributed by atoms with Crippen molar-refractivity contribution in [1.82, 2.24) is 5.32 Å². The van der Waals surface area contributed by atoms with Gasteiger partial charge in [-0.2, -0.15) is 0 Å². The van der Waals surface area contributed by atoms with Gasteiger partial charge in [0.15, 0.2) is 0 Å². The molecule has 0 amide bonds. The zero-order valence-electron chi connectivity index (χ0n) is 8.76. The lowest BCUT2D eigenvalue weighted by molar-refractivity contribution is 0.485. The molecule has 1 aliphatic carbocycles. The van der Waals surface area contributed by atoms with Gasteiger partial charge in [0.2, 0.25) is 0 Å². The van der Waals surface area contributed by atoms with Crippen LogP contribution in [0.4, 0.5) is 4.39 Å². The molecule has 82 valence electrons. The van der Waals surface area contributed by atoms with Gasteiger partial charge in [0, 0.05) is 23.2 Å². The molecule has 3 heteroatoms. The minimum absolute atomic E-state index is 0.224. The van der Waals surface area contributed by atoms with Crippen molar-refractivity contribution in [3.8, 4) is 0 Å². The third kappa shape index (κ3) is 2.93. The standard InChI is InChI=1S/C12H15ClFN/c1-8(9-2-3-9)15-7-10-4-5-11(13)6-12(10)14/h4-6,8-9,15H,2-3,7H2,1H3. The quantitative estimate of drug-likeness (QED) is 0.832. The molecule has 1 unspecified atom stereocenters. The van der Waals surface area contributed by atoms with Gasteiger partial charge in [-0.3, -0.25) is 0 Å². The first-order valence-corrected chi connectivity index (χ1v) is 5.72. The van der Waals surface area contributed by atoms with E-state index in [-0.39, 0.29) is 5.82 Å². The molecule has 1 atom stereocenters. The molecule has 0 aliphatic heterocycles. The van der Waals surface area contributed by atoms with Crippen LogP contribution in [-0.4, -0.2) is 6.04 Å². The lowest BCUT2D eigenvalue weighted by Crippen LogP contribution is -2.27. The molecular weight excluding hydrogens is 213 g/mol. The van der Waals surface area contributed by atoms with Gasteiger partial charge < -0.3 is 5.32 Å². The van der Waals surface area contributed by atoms with Crippen LogP contribution in [-0.2, 0) is 6.54 Å². The Morgan fingerprint density at radius 1 is 1.53 bits per heavy atom. The average molecular weight is 228 g/mol. The Balaban J connectivity index is 1.92. The van der Waals surface area contributed by atoms with Crippen molar-refractivity contribution in [3.63, 3.8) is 0 Å². The van der Waals surface area contributed by atoms with E-state index in [0.717, 1.165) is 5.92 Å². The van der Waals surface area contributed by atoms with Crippen molar-refractivity contribution in [2.75, 3.05) is 0 Å². The summed E-state index contributed by atoms with van der Waals surface area (Å²) in [7, 11) is 0. The number of nitrogens with one attached hydrogen (secondary N) is 1. The smallest absolute Gasteiger partial charge is 0.129 e. The molecule has 1 nitrogen and oxygen atoms in total. The lowest BCUT2D eigenvalue weighted by Gasteiger charge is -2.13. The summed E-state index contributed by atoms with van der Waals surface area (Å²) in [6.45, 7) is 2.74. The Labute approximate surface area is 94.6 Å². The highest BCUT2D eigenvalue weighted by Gasteiger charge is 2.27. The molecule has 15 heavy (non-hydrogen) atoms. The monoisotopic (exact) mass is 227 g/mol. The molecule has 0 aromatic heterocycles. The molecular formula is C12H15ClFN. The summed E-state index contributed by atoms with van der Waals surface area (Å²) >= 11 is 5.68. The number of benzene rings is 1. The minimum atomic E-state index is -0.224. The van der Waals surface area contributed by atoms with Gasteiger partial charge in [0.1, 0.15) is 5.82 Å². The van der Waals surface area contributed by atoms with Crippen LogP contribution in [0.25, 0.3) is 0 Å². The molecule has 0 radical (unpaired) electrons. The predicted octanol–water partition coefficient (Wildman–Crippen LogP) is 3.37. The van der Waals surface area contributed by atoms with Crippen molar-refractivity contribution < 1.29 is 4.39 Å². The summed E-state index contributed by atoms with van der Waals surface area (Å²) in [5.74, 6) is 0.568. The largest absolute Gasteiger partial charge is 0.310 e. The van der Waals surface area contributed by atoms with Crippen LogP contribution in [0, 0.1) is 11.7 Å². The minimum Gasteiger partial charge on any atom is -0.310 e. The first kappa shape index (κ1) is 10.9. The zero-order valence-corrected chi connectivity index (χ0v) is 9.52. The maximum atomic E-state index is 13.4. The van der Waals surface area contributed by atoms with E-state index in [4.69, 9.17) is 11.6 Å². The SMILES string of the molecule is CC(NCc1ccc(Cl)cc1F)C1CC1. The molecule has 1 aromatic rings. The third-order valence-corrected chi connectivity index (χ3v) is 3.19. The molecule has 1 aromatic carbocycles. The van der Waals surface area contributed by atoms with E-state index in [1.54, 1.807) is 12.1 Å². The third-order valence-electron chi connectivity index (χ3n) is 2.96. The van der Waals surface area contributed by atoms with Gasteiger partial charge in [-0.25, -0.2) is 4.39 Å². The molecule has 0 bridgehead atoms. The fourth-order valence-electron chi connectivity index (χ4n) is 1.70. The van der Waals surface area contributed by atoms with Crippen molar-refractivity contribution in [2.24, 2.45) is 5.92 Å². The van der Waals surface area contributed by atoms with Gasteiger partial charge in [-0.05, 0) is 37.8 Å². The zero-order chi connectivity index (χ0) is 10.8. The normalized spacial score (nSPS) is 17.8. The molecule has 1 aliphatic rings. The maximum Gasteiger partial charge on any atom is 0.129 e. The number of hydrogen-bond acceptors (Lipinski definition) is 1. The van der Waals surface area contributed by atoms with Crippen molar-refractivity contribution in [2.45, 2.75) is 32.4 Å². The van der Waals surface area contributed by atoms with E-state index in [9.17, 15) is 4.39 Å². The van der Waals surface area contributed by atoms with E-state index in [1.165, 1.54) is 18.9 Å². The van der Waals surface area contributed by atoms with Crippen LogP contribution in [0.5, 0.6) is 0 Å². The van der Waals surface area contributed by atoms with Gasteiger partial charge in [0.05, 0.1) is 0 Å². The number of halogens is 2. The summed E-state index contributed by atoms with van der Waals surface area (Å²) in [6, 6.07) is 5.31. The van der Waals surface area contributed by atoms with Crippen molar-refractivity contribution in [3.05, 3.63) is 34.6 Å². The molecule has 1 saturated carbocycles. The molecule has 2 rings (SSSR count). The predicted molar refractivity (Wildman–Crippen MR) is 60.4 cm³/mol. The molecule has 0 spiro atoms. The topological polar surface area (TPSA) is 12.0 Å². The van der Waals surface area contributed by atoms with Gasteiger partial charge in [-0.15, -0.1) is 0 Å².